The van der Waals surface area contributed by atoms with Gasteiger partial charge in [-0.25, -0.2) is 4.21 Å². The predicted octanol–water partition coefficient (Wildman–Crippen LogP) is 4.27. The number of carbonyl (C=O) groups is 1. The topological polar surface area (TPSA) is 120 Å². The third-order valence-electron chi connectivity index (χ3n) is 4.28. The first kappa shape index (κ1) is 28.9. The summed E-state index contributed by atoms with van der Waals surface area (Å²) in [6, 6.07) is 1.98. The van der Waals surface area contributed by atoms with E-state index in [1.807, 2.05) is 31.2 Å². The Hall–Kier alpha value is -3.14. The van der Waals surface area contributed by atoms with Crippen LogP contribution in [0.3, 0.4) is 0 Å². The van der Waals surface area contributed by atoms with Gasteiger partial charge in [-0.05, 0) is 36.1 Å². The zero-order valence-electron chi connectivity index (χ0n) is 21.1. The number of nitrogens with one attached hydrogen (secondary N) is 2. The molecular formula is C24H37N5O4S. The third kappa shape index (κ3) is 10.2. The molecule has 0 bridgehead atoms. The van der Waals surface area contributed by atoms with Crippen LogP contribution in [0.25, 0.3) is 0 Å². The molecule has 3 N–H and O–H groups in total. The van der Waals surface area contributed by atoms with Crippen molar-refractivity contribution in [2.75, 3.05) is 14.1 Å². The molecule has 9 nitrogen and oxygen atoms in total. The van der Waals surface area contributed by atoms with Crippen molar-refractivity contribution in [3.8, 4) is 0 Å². The lowest BCUT2D eigenvalue weighted by atomic mass is 10.1. The van der Waals surface area contributed by atoms with Gasteiger partial charge >= 0.3 is 0 Å². The first-order valence-corrected chi connectivity index (χ1v) is 12.2. The van der Waals surface area contributed by atoms with Crippen LogP contribution in [0.5, 0.6) is 0 Å². The van der Waals surface area contributed by atoms with Crippen molar-refractivity contribution < 1.29 is 18.5 Å². The summed E-state index contributed by atoms with van der Waals surface area (Å²) in [5.74, 6) is 2.22. The Morgan fingerprint density at radius 1 is 1.26 bits per heavy atom. The van der Waals surface area contributed by atoms with Crippen LogP contribution in [-0.2, 0) is 22.5 Å². The first-order valence-electron chi connectivity index (χ1n) is 11.2. The minimum atomic E-state index is -1.67. The molecule has 0 saturated carbocycles. The van der Waals surface area contributed by atoms with Gasteiger partial charge in [-0.15, -0.1) is 8.80 Å². The highest BCUT2D eigenvalue weighted by Crippen LogP contribution is 2.18. The van der Waals surface area contributed by atoms with Crippen LogP contribution in [0.2, 0.25) is 0 Å². The molecular weight excluding hydrogens is 454 g/mol. The lowest BCUT2D eigenvalue weighted by molar-refractivity contribution is -0.115. The molecule has 0 radical (unpaired) electrons. The SMILES string of the molecule is CC1=C(O)CC(NC2=NS(=O)N=C2NCc2cc(C(C)C)co2)=CC=C1.CCC.CN(C)C=O. The highest BCUT2D eigenvalue weighted by atomic mass is 32.2. The van der Waals surface area contributed by atoms with Crippen molar-refractivity contribution in [3.63, 3.8) is 0 Å². The van der Waals surface area contributed by atoms with Crippen LogP contribution >= 0.6 is 0 Å². The van der Waals surface area contributed by atoms with Crippen LogP contribution in [-0.4, -0.2) is 46.4 Å². The maximum atomic E-state index is 11.7. The summed E-state index contributed by atoms with van der Waals surface area (Å²) in [6.45, 7) is 10.7. The van der Waals surface area contributed by atoms with Gasteiger partial charge in [0.1, 0.15) is 11.5 Å². The van der Waals surface area contributed by atoms with Crippen molar-refractivity contribution in [3.05, 3.63) is 58.9 Å². The third-order valence-corrected chi connectivity index (χ3v) is 4.96. The normalized spacial score (nSPS) is 16.8. The number of aliphatic hydroxyl groups excluding tert-OH is 1. The van der Waals surface area contributed by atoms with E-state index in [0.29, 0.717) is 30.6 Å². The fourth-order valence-electron chi connectivity index (χ4n) is 2.45. The Labute approximate surface area is 205 Å². The number of hydrogen-bond acceptors (Lipinski definition) is 6. The predicted molar refractivity (Wildman–Crippen MR) is 139 cm³/mol. The van der Waals surface area contributed by atoms with Gasteiger partial charge in [-0.1, -0.05) is 46.3 Å². The van der Waals surface area contributed by atoms with Gasteiger partial charge in [0, 0.05) is 26.2 Å². The maximum absolute atomic E-state index is 11.7. The van der Waals surface area contributed by atoms with Crippen molar-refractivity contribution in [2.45, 2.75) is 59.9 Å². The second-order valence-corrected chi connectivity index (χ2v) is 9.05. The van der Waals surface area contributed by atoms with E-state index in [9.17, 15) is 14.1 Å². The van der Waals surface area contributed by atoms with E-state index < -0.39 is 11.2 Å². The summed E-state index contributed by atoms with van der Waals surface area (Å²) >= 11 is -1.67. The number of rotatable bonds is 5. The van der Waals surface area contributed by atoms with Gasteiger partial charge in [-0.3, -0.25) is 4.79 Å². The smallest absolute Gasteiger partial charge is 0.269 e. The quantitative estimate of drug-likeness (QED) is 0.529. The molecule has 0 saturated heterocycles. The van der Waals surface area contributed by atoms with Crippen molar-refractivity contribution in [2.24, 2.45) is 8.80 Å². The summed E-state index contributed by atoms with van der Waals surface area (Å²) in [5, 5.41) is 16.2. The van der Waals surface area contributed by atoms with Gasteiger partial charge in [0.25, 0.3) is 11.2 Å². The molecule has 3 rings (SSSR count). The van der Waals surface area contributed by atoms with E-state index in [-0.39, 0.29) is 5.76 Å². The number of aliphatic hydroxyl groups is 1. The molecule has 1 aromatic heterocycles. The van der Waals surface area contributed by atoms with Gasteiger partial charge < -0.3 is 25.1 Å². The summed E-state index contributed by atoms with van der Waals surface area (Å²) in [7, 11) is 3.38. The van der Waals surface area contributed by atoms with Gasteiger partial charge in [-0.2, -0.15) is 0 Å². The standard InChI is InChI=1S/C18H22N4O3S.C3H7NO.C3H8/c1-11(2)13-7-15(25-10-13)9-19-17-18(22-26(24)21-17)20-14-6-4-5-12(3)16(23)8-14;1-4(2)3-5;1-3-2/h4-7,10-11,23H,8-9H2,1-3H3,(H,19,21)(H,20,22);3H,1-2H3;3H2,1-2H3. The van der Waals surface area contributed by atoms with E-state index in [0.717, 1.165) is 29.0 Å². The summed E-state index contributed by atoms with van der Waals surface area (Å²) < 4.78 is 25.3. The molecule has 1 atom stereocenters. The molecule has 1 unspecified atom stereocenters. The minimum absolute atomic E-state index is 0.278. The Bertz CT molecular complexity index is 987. The van der Waals surface area contributed by atoms with Gasteiger partial charge in [0.2, 0.25) is 6.41 Å². The number of amidine groups is 2. The molecule has 0 fully saturated rings. The van der Waals surface area contributed by atoms with E-state index in [4.69, 9.17) is 4.42 Å². The minimum Gasteiger partial charge on any atom is -0.512 e. The number of furan rings is 1. The summed E-state index contributed by atoms with van der Waals surface area (Å²) in [5.41, 5.74) is 2.67. The van der Waals surface area contributed by atoms with Crippen LogP contribution in [0.1, 0.15) is 64.7 Å². The number of allylic oxidation sites excluding steroid dienone is 4. The van der Waals surface area contributed by atoms with Gasteiger partial charge in [0.05, 0.1) is 12.8 Å². The first-order chi connectivity index (χ1) is 16.1. The average Bonchev–Trinajstić information content (AvgIpc) is 3.35. The molecule has 2 heterocycles. The van der Waals surface area contributed by atoms with Gasteiger partial charge in [0.15, 0.2) is 11.7 Å². The lowest BCUT2D eigenvalue weighted by Crippen LogP contribution is -2.37. The number of nitrogens with zero attached hydrogens (tertiary/aromatic N) is 3. The molecule has 0 aromatic carbocycles. The summed E-state index contributed by atoms with van der Waals surface area (Å²) in [6.07, 6.45) is 9.59. The Kier molecular flexibility index (Phi) is 12.7. The molecule has 10 heteroatoms. The molecule has 1 aromatic rings. The monoisotopic (exact) mass is 491 g/mol. The molecule has 34 heavy (non-hydrogen) atoms. The van der Waals surface area contributed by atoms with Crippen LogP contribution in [0.4, 0.5) is 0 Å². The van der Waals surface area contributed by atoms with Crippen molar-refractivity contribution in [1.29, 1.82) is 0 Å². The van der Waals surface area contributed by atoms with E-state index in [1.165, 1.54) is 11.3 Å². The van der Waals surface area contributed by atoms with Crippen molar-refractivity contribution >= 4 is 29.3 Å². The zero-order chi connectivity index (χ0) is 25.7. The van der Waals surface area contributed by atoms with Crippen LogP contribution in [0, 0.1) is 0 Å². The molecule has 1 amide bonds. The Morgan fingerprint density at radius 2 is 1.88 bits per heavy atom. The molecule has 1 aliphatic carbocycles. The lowest BCUT2D eigenvalue weighted by Gasteiger charge is -2.12. The number of amides is 1. The zero-order valence-corrected chi connectivity index (χ0v) is 21.9. The molecule has 2 aliphatic rings. The average molecular weight is 492 g/mol. The van der Waals surface area contributed by atoms with E-state index in [1.54, 1.807) is 20.4 Å². The fourth-order valence-corrected chi connectivity index (χ4v) is 3.08. The molecule has 1 aliphatic heterocycles. The second-order valence-electron chi connectivity index (χ2n) is 8.22. The van der Waals surface area contributed by atoms with E-state index in [2.05, 4.69) is 47.1 Å². The largest absolute Gasteiger partial charge is 0.512 e. The van der Waals surface area contributed by atoms with Crippen LogP contribution in [0.15, 0.2) is 60.8 Å². The van der Waals surface area contributed by atoms with Crippen molar-refractivity contribution in [1.82, 2.24) is 15.5 Å². The molecule has 188 valence electrons. The summed E-state index contributed by atoms with van der Waals surface area (Å²) in [4.78, 5) is 10.9. The Morgan fingerprint density at radius 3 is 2.44 bits per heavy atom. The second kappa shape index (κ2) is 14.9. The molecule has 0 spiro atoms. The number of carbonyl (C=O) groups excluding carboxylic acids is 1. The number of hydrogen-bond donors (Lipinski definition) is 3. The fraction of sp³-hybridized carbons (Fsp3) is 0.458. The van der Waals surface area contributed by atoms with Crippen LogP contribution < -0.4 is 10.6 Å². The maximum Gasteiger partial charge on any atom is 0.269 e. The highest BCUT2D eigenvalue weighted by molar-refractivity contribution is 7.83. The highest BCUT2D eigenvalue weighted by Gasteiger charge is 2.21. The Balaban J connectivity index is 0.000000629. The van der Waals surface area contributed by atoms with E-state index >= 15 is 0 Å².